The first-order valence-corrected chi connectivity index (χ1v) is 10.1. The number of piperidine rings is 1. The molecule has 1 unspecified atom stereocenters. The molecule has 1 atom stereocenters. The lowest BCUT2D eigenvalue weighted by atomic mass is 10.1. The van der Waals surface area contributed by atoms with Gasteiger partial charge >= 0.3 is 0 Å². The SMILES string of the molecule is O=C(C(Sc1nnc(-c2ccccc2)o1)c1ccccc1)N1CCCCC1. The van der Waals surface area contributed by atoms with Crippen LogP contribution >= 0.6 is 11.8 Å². The Kier molecular flexibility index (Phi) is 5.53. The van der Waals surface area contributed by atoms with Gasteiger partial charge < -0.3 is 9.32 Å². The zero-order valence-electron chi connectivity index (χ0n) is 15.0. The number of rotatable bonds is 5. The Morgan fingerprint density at radius 2 is 1.59 bits per heavy atom. The molecular formula is C21H21N3O2S. The summed E-state index contributed by atoms with van der Waals surface area (Å²) in [7, 11) is 0. The molecule has 0 bridgehead atoms. The summed E-state index contributed by atoms with van der Waals surface area (Å²) in [5.41, 5.74) is 1.83. The number of hydrogen-bond acceptors (Lipinski definition) is 5. The van der Waals surface area contributed by atoms with Crippen molar-refractivity contribution >= 4 is 17.7 Å². The minimum atomic E-state index is -0.381. The molecule has 2 heterocycles. The topological polar surface area (TPSA) is 59.2 Å². The van der Waals surface area contributed by atoms with Crippen molar-refractivity contribution < 1.29 is 9.21 Å². The normalized spacial score (nSPS) is 15.5. The Balaban J connectivity index is 1.58. The van der Waals surface area contributed by atoms with Gasteiger partial charge in [-0.15, -0.1) is 10.2 Å². The predicted octanol–water partition coefficient (Wildman–Crippen LogP) is 4.58. The molecule has 1 aromatic heterocycles. The van der Waals surface area contributed by atoms with E-state index in [9.17, 15) is 4.79 Å². The number of likely N-dealkylation sites (tertiary alicyclic amines) is 1. The Hall–Kier alpha value is -2.60. The number of benzene rings is 2. The summed E-state index contributed by atoms with van der Waals surface area (Å²) < 4.78 is 5.83. The van der Waals surface area contributed by atoms with E-state index in [1.165, 1.54) is 18.2 Å². The first-order chi connectivity index (χ1) is 13.3. The molecule has 1 fully saturated rings. The van der Waals surface area contributed by atoms with Crippen LogP contribution in [0.4, 0.5) is 0 Å². The van der Waals surface area contributed by atoms with Crippen LogP contribution in [0.5, 0.6) is 0 Å². The highest BCUT2D eigenvalue weighted by molar-refractivity contribution is 8.00. The van der Waals surface area contributed by atoms with Gasteiger partial charge in [0.1, 0.15) is 5.25 Å². The molecule has 1 aliphatic heterocycles. The highest BCUT2D eigenvalue weighted by atomic mass is 32.2. The minimum absolute atomic E-state index is 0.116. The molecule has 6 heteroatoms. The van der Waals surface area contributed by atoms with Crippen molar-refractivity contribution in [1.82, 2.24) is 15.1 Å². The number of carbonyl (C=O) groups excluding carboxylic acids is 1. The molecule has 0 N–H and O–H groups in total. The molecule has 0 aliphatic carbocycles. The van der Waals surface area contributed by atoms with E-state index >= 15 is 0 Å². The summed E-state index contributed by atoms with van der Waals surface area (Å²) in [5, 5.41) is 8.33. The van der Waals surface area contributed by atoms with E-state index in [1.54, 1.807) is 0 Å². The summed E-state index contributed by atoms with van der Waals surface area (Å²) in [6.07, 6.45) is 3.32. The second-order valence-electron chi connectivity index (χ2n) is 6.53. The van der Waals surface area contributed by atoms with Crippen molar-refractivity contribution in [3.05, 3.63) is 66.2 Å². The molecule has 0 radical (unpaired) electrons. The molecule has 4 rings (SSSR count). The van der Waals surface area contributed by atoms with Gasteiger partial charge in [0, 0.05) is 18.7 Å². The third-order valence-electron chi connectivity index (χ3n) is 4.64. The maximum Gasteiger partial charge on any atom is 0.277 e. The van der Waals surface area contributed by atoms with Crippen LogP contribution < -0.4 is 0 Å². The van der Waals surface area contributed by atoms with Crippen LogP contribution in [0.15, 0.2) is 70.3 Å². The fraction of sp³-hybridized carbons (Fsp3) is 0.286. The molecule has 1 saturated heterocycles. The fourth-order valence-corrected chi connectivity index (χ4v) is 4.18. The van der Waals surface area contributed by atoms with Gasteiger partial charge in [0.2, 0.25) is 11.8 Å². The number of carbonyl (C=O) groups is 1. The Bertz CT molecular complexity index is 877. The van der Waals surface area contributed by atoms with E-state index in [0.29, 0.717) is 11.1 Å². The molecule has 1 amide bonds. The van der Waals surface area contributed by atoms with Crippen molar-refractivity contribution in [3.63, 3.8) is 0 Å². The van der Waals surface area contributed by atoms with Crippen LogP contribution in [0, 0.1) is 0 Å². The number of nitrogens with zero attached hydrogens (tertiary/aromatic N) is 3. The van der Waals surface area contributed by atoms with Gasteiger partial charge in [-0.25, -0.2) is 0 Å². The smallest absolute Gasteiger partial charge is 0.277 e. The van der Waals surface area contributed by atoms with Crippen LogP contribution in [-0.4, -0.2) is 34.1 Å². The van der Waals surface area contributed by atoms with Crippen molar-refractivity contribution in [2.45, 2.75) is 29.7 Å². The lowest BCUT2D eigenvalue weighted by Gasteiger charge is -2.29. The van der Waals surface area contributed by atoms with Crippen LogP contribution in [0.1, 0.15) is 30.1 Å². The largest absolute Gasteiger partial charge is 0.411 e. The average molecular weight is 379 g/mol. The maximum atomic E-state index is 13.2. The molecule has 0 spiro atoms. The highest BCUT2D eigenvalue weighted by Gasteiger charge is 2.29. The van der Waals surface area contributed by atoms with Crippen LogP contribution in [0.2, 0.25) is 0 Å². The Morgan fingerprint density at radius 1 is 0.926 bits per heavy atom. The van der Waals surface area contributed by atoms with Gasteiger partial charge in [-0.2, -0.15) is 0 Å². The molecule has 5 nitrogen and oxygen atoms in total. The lowest BCUT2D eigenvalue weighted by molar-refractivity contribution is -0.131. The van der Waals surface area contributed by atoms with Gasteiger partial charge in [-0.05, 0) is 48.7 Å². The van der Waals surface area contributed by atoms with E-state index in [1.807, 2.05) is 65.6 Å². The molecule has 0 saturated carbocycles. The summed E-state index contributed by atoms with van der Waals surface area (Å²) in [6.45, 7) is 1.64. The number of thioether (sulfide) groups is 1. The zero-order chi connectivity index (χ0) is 18.5. The van der Waals surface area contributed by atoms with E-state index in [-0.39, 0.29) is 11.2 Å². The molecule has 27 heavy (non-hydrogen) atoms. The minimum Gasteiger partial charge on any atom is -0.411 e. The van der Waals surface area contributed by atoms with E-state index in [4.69, 9.17) is 4.42 Å². The summed E-state index contributed by atoms with van der Waals surface area (Å²) >= 11 is 1.33. The van der Waals surface area contributed by atoms with Crippen LogP contribution in [-0.2, 0) is 4.79 Å². The standard InChI is InChI=1S/C21H21N3O2S/c25-20(24-14-8-3-9-15-24)18(16-10-4-1-5-11-16)27-21-23-22-19(26-21)17-12-6-2-7-13-17/h1-2,4-7,10-13,18H,3,8-9,14-15H2. The third kappa shape index (κ3) is 4.22. The highest BCUT2D eigenvalue weighted by Crippen LogP contribution is 2.37. The van der Waals surface area contributed by atoms with Crippen molar-refractivity contribution in [1.29, 1.82) is 0 Å². The molecule has 2 aromatic carbocycles. The first kappa shape index (κ1) is 17.8. The molecule has 3 aromatic rings. The number of aromatic nitrogens is 2. The van der Waals surface area contributed by atoms with Crippen molar-refractivity contribution in [3.8, 4) is 11.5 Å². The second kappa shape index (κ2) is 8.39. The number of hydrogen-bond donors (Lipinski definition) is 0. The first-order valence-electron chi connectivity index (χ1n) is 9.20. The Labute approximate surface area is 162 Å². The van der Waals surface area contributed by atoms with Crippen molar-refractivity contribution in [2.24, 2.45) is 0 Å². The summed E-state index contributed by atoms with van der Waals surface area (Å²) in [4.78, 5) is 15.2. The fourth-order valence-electron chi connectivity index (χ4n) is 3.22. The number of amides is 1. The van der Waals surface area contributed by atoms with Gasteiger partial charge in [0.25, 0.3) is 5.22 Å². The van der Waals surface area contributed by atoms with Gasteiger partial charge in [-0.3, -0.25) is 4.79 Å². The summed E-state index contributed by atoms with van der Waals surface area (Å²) in [5.74, 6) is 0.584. The van der Waals surface area contributed by atoms with E-state index in [0.717, 1.165) is 37.1 Å². The van der Waals surface area contributed by atoms with Gasteiger partial charge in [0.15, 0.2) is 0 Å². The van der Waals surface area contributed by atoms with E-state index in [2.05, 4.69) is 10.2 Å². The predicted molar refractivity (Wildman–Crippen MR) is 105 cm³/mol. The van der Waals surface area contributed by atoms with E-state index < -0.39 is 0 Å². The second-order valence-corrected chi connectivity index (χ2v) is 7.59. The monoisotopic (exact) mass is 379 g/mol. The maximum absolute atomic E-state index is 13.2. The summed E-state index contributed by atoms with van der Waals surface area (Å²) in [6, 6.07) is 19.5. The quantitative estimate of drug-likeness (QED) is 0.607. The zero-order valence-corrected chi connectivity index (χ0v) is 15.8. The Morgan fingerprint density at radius 3 is 2.30 bits per heavy atom. The van der Waals surface area contributed by atoms with Gasteiger partial charge in [0.05, 0.1) is 0 Å². The van der Waals surface area contributed by atoms with Gasteiger partial charge in [-0.1, -0.05) is 48.5 Å². The third-order valence-corrected chi connectivity index (χ3v) is 5.72. The molecular weight excluding hydrogens is 358 g/mol. The average Bonchev–Trinajstić information content (AvgIpc) is 3.22. The van der Waals surface area contributed by atoms with Crippen LogP contribution in [0.25, 0.3) is 11.5 Å². The van der Waals surface area contributed by atoms with Crippen molar-refractivity contribution in [2.75, 3.05) is 13.1 Å². The van der Waals surface area contributed by atoms with Crippen LogP contribution in [0.3, 0.4) is 0 Å². The molecule has 138 valence electrons. The lowest BCUT2D eigenvalue weighted by Crippen LogP contribution is -2.38. The molecule has 1 aliphatic rings.